The molecule has 3 N–H and O–H groups in total. The molecular formula is C12H25ClN2O4. The Balaban J connectivity index is 0. The van der Waals surface area contributed by atoms with Crippen LogP contribution in [0.15, 0.2) is 0 Å². The lowest BCUT2D eigenvalue weighted by atomic mass is 10.2. The summed E-state index contributed by atoms with van der Waals surface area (Å²) in [5.41, 5.74) is 4.27. The number of carboxylic acids is 1. The Labute approximate surface area is 120 Å². The highest BCUT2D eigenvalue weighted by molar-refractivity contribution is 5.85. The maximum atomic E-state index is 11.6. The van der Waals surface area contributed by atoms with Gasteiger partial charge in [0.2, 0.25) is 0 Å². The number of rotatable bonds is 1. The van der Waals surface area contributed by atoms with E-state index < -0.39 is 23.7 Å². The number of ether oxygens (including phenoxy) is 1. The molecule has 19 heavy (non-hydrogen) atoms. The minimum absolute atomic E-state index is 0. The van der Waals surface area contributed by atoms with Gasteiger partial charge in [-0.1, -0.05) is 6.92 Å². The summed E-state index contributed by atoms with van der Waals surface area (Å²) in [5.74, 6) is -0.960. The third kappa shape index (κ3) is 7.89. The van der Waals surface area contributed by atoms with Gasteiger partial charge in [0, 0.05) is 6.54 Å². The molecule has 1 heterocycles. The van der Waals surface area contributed by atoms with Gasteiger partial charge in [0.05, 0.1) is 0 Å². The van der Waals surface area contributed by atoms with E-state index in [4.69, 9.17) is 15.6 Å². The highest BCUT2D eigenvalue weighted by atomic mass is 35.5. The van der Waals surface area contributed by atoms with Gasteiger partial charge in [0.1, 0.15) is 11.6 Å². The summed E-state index contributed by atoms with van der Waals surface area (Å²) < 4.78 is 5.13. The van der Waals surface area contributed by atoms with E-state index in [1.54, 1.807) is 20.8 Å². The van der Waals surface area contributed by atoms with Crippen molar-refractivity contribution in [3.63, 3.8) is 0 Å². The second-order valence-corrected chi connectivity index (χ2v) is 5.08. The molecule has 1 aliphatic rings. The van der Waals surface area contributed by atoms with E-state index >= 15 is 0 Å². The van der Waals surface area contributed by atoms with Crippen molar-refractivity contribution in [2.45, 2.75) is 52.2 Å². The molecule has 0 radical (unpaired) electrons. The molecule has 1 atom stereocenters. The van der Waals surface area contributed by atoms with Crippen LogP contribution in [0.1, 0.15) is 40.5 Å². The van der Waals surface area contributed by atoms with E-state index in [0.29, 0.717) is 13.0 Å². The molecule has 1 fully saturated rings. The van der Waals surface area contributed by atoms with Crippen molar-refractivity contribution in [1.29, 1.82) is 0 Å². The average molecular weight is 297 g/mol. The van der Waals surface area contributed by atoms with Gasteiger partial charge in [-0.25, -0.2) is 9.59 Å². The Hall–Kier alpha value is -1.01. The standard InChI is InChI=1S/C10H17NO4.C2H7N.ClH/c1-10(2,3)15-9(14)11-6-4-5-7(11)8(12)13;1-2-3;/h7H,4-6H2,1-3H3,(H,12,13);2-3H2,1H3;1H. The summed E-state index contributed by atoms with van der Waals surface area (Å²) in [5, 5.41) is 8.88. The van der Waals surface area contributed by atoms with Gasteiger partial charge in [0.15, 0.2) is 0 Å². The molecule has 0 aliphatic carbocycles. The molecule has 0 bridgehead atoms. The van der Waals surface area contributed by atoms with Crippen molar-refractivity contribution >= 4 is 24.5 Å². The molecule has 1 unspecified atom stereocenters. The third-order valence-electron chi connectivity index (χ3n) is 2.17. The number of halogens is 1. The van der Waals surface area contributed by atoms with Gasteiger partial charge in [0.25, 0.3) is 0 Å². The van der Waals surface area contributed by atoms with E-state index in [0.717, 1.165) is 13.0 Å². The Kier molecular flexibility index (Phi) is 9.60. The molecule has 0 aromatic heterocycles. The monoisotopic (exact) mass is 296 g/mol. The molecule has 7 heteroatoms. The fraction of sp³-hybridized carbons (Fsp3) is 0.833. The van der Waals surface area contributed by atoms with Crippen molar-refractivity contribution in [3.8, 4) is 0 Å². The summed E-state index contributed by atoms with van der Waals surface area (Å²) in [4.78, 5) is 23.7. The number of carboxylic acid groups (broad SMARTS) is 1. The van der Waals surface area contributed by atoms with Crippen molar-refractivity contribution in [2.24, 2.45) is 5.73 Å². The Morgan fingerprint density at radius 3 is 2.26 bits per heavy atom. The zero-order valence-corrected chi connectivity index (χ0v) is 12.8. The summed E-state index contributed by atoms with van der Waals surface area (Å²) in [6.45, 7) is 8.40. The van der Waals surface area contributed by atoms with Crippen LogP contribution in [0.5, 0.6) is 0 Å². The Morgan fingerprint density at radius 2 is 1.89 bits per heavy atom. The van der Waals surface area contributed by atoms with Gasteiger partial charge in [-0.3, -0.25) is 4.90 Å². The zero-order chi connectivity index (χ0) is 14.3. The van der Waals surface area contributed by atoms with Gasteiger partial charge in [-0.15, -0.1) is 12.4 Å². The highest BCUT2D eigenvalue weighted by Gasteiger charge is 2.36. The Bertz CT molecular complexity index is 292. The van der Waals surface area contributed by atoms with Crippen LogP contribution in [-0.4, -0.2) is 46.8 Å². The first-order valence-electron chi connectivity index (χ1n) is 6.15. The summed E-state index contributed by atoms with van der Waals surface area (Å²) in [6.07, 6.45) is 0.692. The second kappa shape index (κ2) is 8.98. The fourth-order valence-corrected chi connectivity index (χ4v) is 1.56. The Morgan fingerprint density at radius 1 is 1.42 bits per heavy atom. The highest BCUT2D eigenvalue weighted by Crippen LogP contribution is 2.20. The summed E-state index contributed by atoms with van der Waals surface area (Å²) in [7, 11) is 0. The minimum Gasteiger partial charge on any atom is -0.480 e. The SMILES string of the molecule is CC(C)(C)OC(=O)N1CCCC1C(=O)O.CCN.Cl. The molecule has 0 aromatic rings. The predicted molar refractivity (Wildman–Crippen MR) is 75.6 cm³/mol. The molecule has 0 saturated carbocycles. The lowest BCUT2D eigenvalue weighted by Crippen LogP contribution is -2.43. The van der Waals surface area contributed by atoms with Crippen molar-refractivity contribution in [3.05, 3.63) is 0 Å². The van der Waals surface area contributed by atoms with E-state index in [1.165, 1.54) is 4.90 Å². The van der Waals surface area contributed by atoms with Gasteiger partial charge < -0.3 is 15.6 Å². The zero-order valence-electron chi connectivity index (χ0n) is 12.0. The molecule has 1 rings (SSSR count). The van der Waals surface area contributed by atoms with Crippen LogP contribution in [-0.2, 0) is 9.53 Å². The van der Waals surface area contributed by atoms with Crippen molar-refractivity contribution in [1.82, 2.24) is 4.90 Å². The molecule has 0 aromatic carbocycles. The first-order valence-corrected chi connectivity index (χ1v) is 6.15. The van der Waals surface area contributed by atoms with E-state index in [-0.39, 0.29) is 12.4 Å². The molecular weight excluding hydrogens is 272 g/mol. The normalized spacial score (nSPS) is 17.9. The number of likely N-dealkylation sites (tertiary alicyclic amines) is 1. The van der Waals surface area contributed by atoms with E-state index in [9.17, 15) is 9.59 Å². The van der Waals surface area contributed by atoms with Crippen LogP contribution < -0.4 is 5.73 Å². The van der Waals surface area contributed by atoms with Gasteiger partial charge >= 0.3 is 12.1 Å². The van der Waals surface area contributed by atoms with Gasteiger partial charge in [-0.2, -0.15) is 0 Å². The smallest absolute Gasteiger partial charge is 0.411 e. The summed E-state index contributed by atoms with van der Waals surface area (Å²) >= 11 is 0. The molecule has 1 saturated heterocycles. The maximum absolute atomic E-state index is 11.6. The fourth-order valence-electron chi connectivity index (χ4n) is 1.56. The van der Waals surface area contributed by atoms with E-state index in [2.05, 4.69) is 0 Å². The number of aliphatic carboxylic acids is 1. The molecule has 6 nitrogen and oxygen atoms in total. The first kappa shape index (κ1) is 20.3. The quantitative estimate of drug-likeness (QED) is 0.770. The van der Waals surface area contributed by atoms with E-state index in [1.807, 2.05) is 6.92 Å². The van der Waals surface area contributed by atoms with Crippen molar-refractivity contribution in [2.75, 3.05) is 13.1 Å². The third-order valence-corrected chi connectivity index (χ3v) is 2.17. The predicted octanol–water partition coefficient (Wildman–Crippen LogP) is 1.86. The minimum atomic E-state index is -0.960. The lowest BCUT2D eigenvalue weighted by Gasteiger charge is -2.26. The lowest BCUT2D eigenvalue weighted by molar-refractivity contribution is -0.142. The van der Waals surface area contributed by atoms with Crippen molar-refractivity contribution < 1.29 is 19.4 Å². The summed E-state index contributed by atoms with van der Waals surface area (Å²) in [6, 6.07) is -0.722. The maximum Gasteiger partial charge on any atom is 0.411 e. The number of nitrogens with two attached hydrogens (primary N) is 1. The largest absolute Gasteiger partial charge is 0.480 e. The van der Waals surface area contributed by atoms with Crippen LogP contribution in [0.2, 0.25) is 0 Å². The topological polar surface area (TPSA) is 92.9 Å². The second-order valence-electron chi connectivity index (χ2n) is 5.08. The molecule has 1 amide bonds. The van der Waals surface area contributed by atoms with Crippen LogP contribution in [0.25, 0.3) is 0 Å². The number of hydrogen-bond donors (Lipinski definition) is 2. The van der Waals surface area contributed by atoms with Crippen LogP contribution in [0.3, 0.4) is 0 Å². The van der Waals surface area contributed by atoms with Crippen LogP contribution in [0.4, 0.5) is 4.79 Å². The molecule has 0 spiro atoms. The number of carbonyl (C=O) groups is 2. The average Bonchev–Trinajstić information content (AvgIpc) is 2.63. The molecule has 1 aliphatic heterocycles. The van der Waals surface area contributed by atoms with Crippen LogP contribution in [0, 0.1) is 0 Å². The van der Waals surface area contributed by atoms with Gasteiger partial charge in [-0.05, 0) is 40.2 Å². The molecule has 114 valence electrons. The number of nitrogens with zero attached hydrogens (tertiary/aromatic N) is 1. The van der Waals surface area contributed by atoms with Crippen LogP contribution >= 0.6 is 12.4 Å². The number of amides is 1. The first-order chi connectivity index (χ1) is 8.22. The number of carbonyl (C=O) groups excluding carboxylic acids is 1. The number of hydrogen-bond acceptors (Lipinski definition) is 4.